The van der Waals surface area contributed by atoms with E-state index in [0.717, 1.165) is 0 Å². The van der Waals surface area contributed by atoms with Crippen LogP contribution in [0.5, 0.6) is 0 Å². The first kappa shape index (κ1) is 16.6. The van der Waals surface area contributed by atoms with Crippen LogP contribution in [0.1, 0.15) is 26.2 Å². The fourth-order valence-corrected chi connectivity index (χ4v) is 2.76. The topological polar surface area (TPSA) is 72.2 Å². The number of thiocarbonyl (C=S) groups is 1. The highest BCUT2D eigenvalue weighted by molar-refractivity contribution is 7.89. The van der Waals surface area contributed by atoms with Crippen LogP contribution in [0, 0.1) is 0 Å². The number of rotatable bonds is 7. The third-order valence-electron chi connectivity index (χ3n) is 1.76. The molecule has 1 atom stereocenters. The zero-order chi connectivity index (χ0) is 13.7. The van der Waals surface area contributed by atoms with Crippen molar-refractivity contribution < 1.29 is 21.6 Å². The Balaban J connectivity index is 4.08. The van der Waals surface area contributed by atoms with Gasteiger partial charge in [-0.15, -0.1) is 0 Å². The van der Waals surface area contributed by atoms with E-state index in [-0.39, 0.29) is 11.4 Å². The normalized spacial score (nSPS) is 14.6. The fourth-order valence-electron chi connectivity index (χ4n) is 1.17. The van der Waals surface area contributed by atoms with Gasteiger partial charge in [-0.3, -0.25) is 0 Å². The second-order valence-electron chi connectivity index (χ2n) is 3.73. The van der Waals surface area contributed by atoms with Gasteiger partial charge in [-0.1, -0.05) is 12.2 Å². The SMILES string of the molecule is CC(CC(N)=S)NS(=O)(=O)CCCC(F)(F)F. The average molecular weight is 292 g/mol. The van der Waals surface area contributed by atoms with Gasteiger partial charge in [-0.05, 0) is 13.3 Å². The highest BCUT2D eigenvalue weighted by Gasteiger charge is 2.27. The Labute approximate surface area is 104 Å². The lowest BCUT2D eigenvalue weighted by Crippen LogP contribution is -2.36. The van der Waals surface area contributed by atoms with Crippen LogP contribution in [-0.4, -0.2) is 31.4 Å². The maximum absolute atomic E-state index is 11.8. The van der Waals surface area contributed by atoms with Crippen molar-refractivity contribution in [1.29, 1.82) is 0 Å². The zero-order valence-corrected chi connectivity index (χ0v) is 10.9. The number of hydrogen-bond acceptors (Lipinski definition) is 3. The van der Waals surface area contributed by atoms with Crippen molar-refractivity contribution in [2.45, 2.75) is 38.4 Å². The zero-order valence-electron chi connectivity index (χ0n) is 9.25. The van der Waals surface area contributed by atoms with Crippen molar-refractivity contribution in [3.05, 3.63) is 0 Å². The minimum Gasteiger partial charge on any atom is -0.393 e. The summed E-state index contributed by atoms with van der Waals surface area (Å²) in [5.74, 6) is -0.561. The van der Waals surface area contributed by atoms with Crippen LogP contribution in [0.2, 0.25) is 0 Å². The molecular formula is C8H15F3N2O2S2. The average Bonchev–Trinajstić information content (AvgIpc) is 1.96. The standard InChI is InChI=1S/C8H15F3N2O2S2/c1-6(5-7(12)16)13-17(14,15)4-2-3-8(9,10)11/h6,13H,2-5H2,1H3,(H2,12,16). The van der Waals surface area contributed by atoms with Crippen molar-refractivity contribution in [2.24, 2.45) is 5.73 Å². The molecule has 0 aromatic carbocycles. The molecule has 0 aliphatic rings. The summed E-state index contributed by atoms with van der Waals surface area (Å²) in [5.41, 5.74) is 5.22. The molecule has 0 aliphatic heterocycles. The lowest BCUT2D eigenvalue weighted by atomic mass is 10.3. The third-order valence-corrected chi connectivity index (χ3v) is 3.52. The van der Waals surface area contributed by atoms with Gasteiger partial charge >= 0.3 is 6.18 Å². The lowest BCUT2D eigenvalue weighted by Gasteiger charge is -2.13. The third kappa shape index (κ3) is 10.5. The molecule has 3 N–H and O–H groups in total. The second-order valence-corrected chi connectivity index (χ2v) is 6.12. The highest BCUT2D eigenvalue weighted by Crippen LogP contribution is 2.21. The van der Waals surface area contributed by atoms with E-state index in [1.165, 1.54) is 0 Å². The summed E-state index contributed by atoms with van der Waals surface area (Å²) in [7, 11) is -3.71. The summed E-state index contributed by atoms with van der Waals surface area (Å²) in [4.78, 5) is 0.149. The van der Waals surface area contributed by atoms with Crippen molar-refractivity contribution in [3.8, 4) is 0 Å². The van der Waals surface area contributed by atoms with Gasteiger partial charge in [0.15, 0.2) is 0 Å². The van der Waals surface area contributed by atoms with E-state index in [1.54, 1.807) is 6.92 Å². The number of nitrogens with two attached hydrogens (primary N) is 1. The van der Waals surface area contributed by atoms with Gasteiger partial charge in [-0.2, -0.15) is 13.2 Å². The van der Waals surface area contributed by atoms with Gasteiger partial charge in [-0.25, -0.2) is 13.1 Å². The van der Waals surface area contributed by atoms with Crippen molar-refractivity contribution >= 4 is 27.2 Å². The molecule has 0 aromatic heterocycles. The Morgan fingerprint density at radius 3 is 2.41 bits per heavy atom. The van der Waals surface area contributed by atoms with E-state index >= 15 is 0 Å². The summed E-state index contributed by atoms with van der Waals surface area (Å²) >= 11 is 4.59. The van der Waals surface area contributed by atoms with E-state index in [0.29, 0.717) is 0 Å². The first-order chi connectivity index (χ1) is 7.52. The first-order valence-electron chi connectivity index (χ1n) is 4.87. The quantitative estimate of drug-likeness (QED) is 0.694. The van der Waals surface area contributed by atoms with Gasteiger partial charge in [0.2, 0.25) is 10.0 Å². The van der Waals surface area contributed by atoms with Gasteiger partial charge in [0, 0.05) is 18.9 Å². The molecule has 1 unspecified atom stereocenters. The Bertz CT molecular complexity index is 354. The minimum absolute atomic E-state index is 0.149. The number of alkyl halides is 3. The minimum atomic E-state index is -4.33. The van der Waals surface area contributed by atoms with E-state index in [4.69, 9.17) is 5.73 Å². The largest absolute Gasteiger partial charge is 0.393 e. The molecule has 0 rings (SSSR count). The molecule has 0 spiro atoms. The van der Waals surface area contributed by atoms with Crippen LogP contribution in [0.3, 0.4) is 0 Å². The predicted octanol–water partition coefficient (Wildman–Crippen LogP) is 1.31. The highest BCUT2D eigenvalue weighted by atomic mass is 32.2. The Morgan fingerprint density at radius 1 is 1.47 bits per heavy atom. The number of halogens is 3. The fraction of sp³-hybridized carbons (Fsp3) is 0.875. The Hall–Kier alpha value is -0.410. The monoisotopic (exact) mass is 292 g/mol. The Kier molecular flexibility index (Phi) is 6.35. The molecule has 0 aromatic rings. The molecule has 0 aliphatic carbocycles. The number of hydrogen-bond donors (Lipinski definition) is 2. The van der Waals surface area contributed by atoms with E-state index in [9.17, 15) is 21.6 Å². The van der Waals surface area contributed by atoms with Crippen LogP contribution in [0.15, 0.2) is 0 Å². The summed E-state index contributed by atoms with van der Waals surface area (Å²) in [5, 5.41) is 0. The predicted molar refractivity (Wildman–Crippen MR) is 63.1 cm³/mol. The summed E-state index contributed by atoms with van der Waals surface area (Å²) in [6.45, 7) is 1.54. The molecule has 9 heteroatoms. The molecule has 0 bridgehead atoms. The smallest absolute Gasteiger partial charge is 0.389 e. The van der Waals surface area contributed by atoms with Gasteiger partial charge in [0.05, 0.1) is 10.7 Å². The van der Waals surface area contributed by atoms with Gasteiger partial charge in [0.25, 0.3) is 0 Å². The van der Waals surface area contributed by atoms with E-state index in [2.05, 4.69) is 16.9 Å². The van der Waals surface area contributed by atoms with Crippen LogP contribution >= 0.6 is 12.2 Å². The van der Waals surface area contributed by atoms with Crippen LogP contribution in [-0.2, 0) is 10.0 Å². The van der Waals surface area contributed by atoms with Gasteiger partial charge in [0.1, 0.15) is 0 Å². The second kappa shape index (κ2) is 6.50. The summed E-state index contributed by atoms with van der Waals surface area (Å²) < 4.78 is 60.4. The summed E-state index contributed by atoms with van der Waals surface area (Å²) in [6, 6.07) is -0.511. The van der Waals surface area contributed by atoms with Crippen molar-refractivity contribution in [2.75, 3.05) is 5.75 Å². The van der Waals surface area contributed by atoms with Crippen molar-refractivity contribution in [1.82, 2.24) is 4.72 Å². The molecule has 0 fully saturated rings. The molecule has 4 nitrogen and oxygen atoms in total. The van der Waals surface area contributed by atoms with Crippen LogP contribution in [0.25, 0.3) is 0 Å². The van der Waals surface area contributed by atoms with Crippen LogP contribution < -0.4 is 10.5 Å². The summed E-state index contributed by atoms with van der Waals surface area (Å²) in [6.07, 6.45) is -5.73. The molecule has 0 heterocycles. The molecule has 0 radical (unpaired) electrons. The van der Waals surface area contributed by atoms with E-state index < -0.39 is 40.8 Å². The van der Waals surface area contributed by atoms with Gasteiger partial charge < -0.3 is 5.73 Å². The number of sulfonamides is 1. The molecule has 102 valence electrons. The van der Waals surface area contributed by atoms with Crippen molar-refractivity contribution in [3.63, 3.8) is 0 Å². The Morgan fingerprint density at radius 2 is 2.00 bits per heavy atom. The molecule has 0 saturated carbocycles. The maximum Gasteiger partial charge on any atom is 0.389 e. The molecule has 0 saturated heterocycles. The van der Waals surface area contributed by atoms with Crippen LogP contribution in [0.4, 0.5) is 13.2 Å². The lowest BCUT2D eigenvalue weighted by molar-refractivity contribution is -0.134. The molecular weight excluding hydrogens is 277 g/mol. The number of nitrogens with one attached hydrogen (secondary N) is 1. The maximum atomic E-state index is 11.8. The first-order valence-corrected chi connectivity index (χ1v) is 6.93. The molecule has 17 heavy (non-hydrogen) atoms. The molecule has 0 amide bonds. The van der Waals surface area contributed by atoms with E-state index in [1.807, 2.05) is 0 Å².